The summed E-state index contributed by atoms with van der Waals surface area (Å²) >= 11 is 0. The van der Waals surface area contributed by atoms with Gasteiger partial charge >= 0.3 is 0 Å². The molecule has 0 saturated carbocycles. The predicted molar refractivity (Wildman–Crippen MR) is 85.0 cm³/mol. The molecule has 0 aliphatic carbocycles. The Morgan fingerprint density at radius 2 is 1.91 bits per heavy atom. The molecule has 22 heavy (non-hydrogen) atoms. The highest BCUT2D eigenvalue weighted by Gasteiger charge is 2.06. The van der Waals surface area contributed by atoms with E-state index in [9.17, 15) is 9.59 Å². The van der Waals surface area contributed by atoms with Crippen molar-refractivity contribution in [2.45, 2.75) is 0 Å². The number of carbonyl (C=O) groups excluding carboxylic acids is 2. The summed E-state index contributed by atoms with van der Waals surface area (Å²) in [5.41, 5.74) is 6.71. The lowest BCUT2D eigenvalue weighted by molar-refractivity contribution is 0.0999. The van der Waals surface area contributed by atoms with Gasteiger partial charge in [-0.2, -0.15) is 0 Å². The van der Waals surface area contributed by atoms with E-state index in [-0.39, 0.29) is 5.78 Å². The molecule has 0 unspecified atom stereocenters. The topological polar surface area (TPSA) is 81.4 Å². The predicted octanol–water partition coefficient (Wildman–Crippen LogP) is 2.60. The van der Waals surface area contributed by atoms with E-state index in [0.29, 0.717) is 22.6 Å². The molecule has 3 N–H and O–H groups in total. The zero-order valence-corrected chi connectivity index (χ0v) is 12.1. The number of methoxy groups -OCH3 is 1. The molecular formula is C17H16N2O3. The minimum absolute atomic E-state index is 0.178. The number of para-hydroxylation sites is 1. The van der Waals surface area contributed by atoms with Gasteiger partial charge < -0.3 is 15.8 Å². The van der Waals surface area contributed by atoms with Crippen molar-refractivity contribution in [2.24, 2.45) is 5.73 Å². The number of hydrogen-bond acceptors (Lipinski definition) is 4. The van der Waals surface area contributed by atoms with Crippen molar-refractivity contribution in [2.75, 3.05) is 12.4 Å². The Bertz CT molecular complexity index is 723. The Labute approximate surface area is 128 Å². The number of hydrogen-bond donors (Lipinski definition) is 2. The summed E-state index contributed by atoms with van der Waals surface area (Å²) < 4.78 is 5.08. The fraction of sp³-hybridized carbons (Fsp3) is 0.0588. The van der Waals surface area contributed by atoms with Crippen LogP contribution in [0.25, 0.3) is 0 Å². The third kappa shape index (κ3) is 3.73. The van der Waals surface area contributed by atoms with Crippen LogP contribution in [0.2, 0.25) is 0 Å². The summed E-state index contributed by atoms with van der Waals surface area (Å²) in [6.45, 7) is 0. The first-order valence-electron chi connectivity index (χ1n) is 6.62. The summed E-state index contributed by atoms with van der Waals surface area (Å²) in [6, 6.07) is 13.7. The molecule has 0 saturated heterocycles. The Morgan fingerprint density at radius 3 is 2.64 bits per heavy atom. The molecule has 0 aromatic heterocycles. The fourth-order valence-corrected chi connectivity index (χ4v) is 1.90. The van der Waals surface area contributed by atoms with E-state index in [1.54, 1.807) is 55.6 Å². The van der Waals surface area contributed by atoms with Crippen molar-refractivity contribution in [3.05, 3.63) is 71.9 Å². The fourth-order valence-electron chi connectivity index (χ4n) is 1.90. The van der Waals surface area contributed by atoms with Gasteiger partial charge in [0.1, 0.15) is 5.75 Å². The maximum Gasteiger partial charge on any atom is 0.250 e. The number of ketones is 1. The number of nitrogens with two attached hydrogens (primary N) is 1. The second kappa shape index (κ2) is 7.08. The maximum atomic E-state index is 12.0. The smallest absolute Gasteiger partial charge is 0.250 e. The Morgan fingerprint density at radius 1 is 1.14 bits per heavy atom. The number of primary amides is 1. The highest BCUT2D eigenvalue weighted by molar-refractivity contribution is 6.05. The zero-order valence-electron chi connectivity index (χ0n) is 12.1. The minimum Gasteiger partial charge on any atom is -0.497 e. The standard InChI is InChI=1S/C17H16N2O3/c1-22-13-6-4-5-12(11-13)16(20)9-10-19-15-8-3-2-7-14(15)17(18)21/h2-11,19H,1H3,(H2,18,21)/b10-9+. The lowest BCUT2D eigenvalue weighted by Crippen LogP contribution is -2.13. The van der Waals surface area contributed by atoms with Crippen LogP contribution >= 0.6 is 0 Å². The van der Waals surface area contributed by atoms with Crippen LogP contribution in [-0.4, -0.2) is 18.8 Å². The third-order valence-corrected chi connectivity index (χ3v) is 3.02. The molecule has 5 nitrogen and oxygen atoms in total. The van der Waals surface area contributed by atoms with E-state index in [4.69, 9.17) is 10.5 Å². The Kier molecular flexibility index (Phi) is 4.93. The van der Waals surface area contributed by atoms with Crippen molar-refractivity contribution in [3.63, 3.8) is 0 Å². The van der Waals surface area contributed by atoms with Crippen molar-refractivity contribution in [3.8, 4) is 5.75 Å². The van der Waals surface area contributed by atoms with Gasteiger partial charge in [-0.15, -0.1) is 0 Å². The normalized spacial score (nSPS) is 10.4. The van der Waals surface area contributed by atoms with Gasteiger partial charge in [0.15, 0.2) is 5.78 Å². The molecule has 0 atom stereocenters. The van der Waals surface area contributed by atoms with Crippen LogP contribution in [0, 0.1) is 0 Å². The van der Waals surface area contributed by atoms with Crippen LogP contribution in [0.15, 0.2) is 60.8 Å². The molecule has 2 rings (SSSR count). The largest absolute Gasteiger partial charge is 0.497 e. The zero-order chi connectivity index (χ0) is 15.9. The molecule has 0 aliphatic heterocycles. The van der Waals surface area contributed by atoms with Gasteiger partial charge in [-0.05, 0) is 24.3 Å². The third-order valence-electron chi connectivity index (χ3n) is 3.02. The van der Waals surface area contributed by atoms with E-state index in [2.05, 4.69) is 5.32 Å². The lowest BCUT2D eigenvalue weighted by Gasteiger charge is -2.05. The van der Waals surface area contributed by atoms with E-state index in [1.165, 1.54) is 12.3 Å². The van der Waals surface area contributed by atoms with Gasteiger partial charge in [-0.3, -0.25) is 9.59 Å². The monoisotopic (exact) mass is 296 g/mol. The van der Waals surface area contributed by atoms with Crippen LogP contribution in [0.3, 0.4) is 0 Å². The highest BCUT2D eigenvalue weighted by atomic mass is 16.5. The number of benzene rings is 2. The lowest BCUT2D eigenvalue weighted by atomic mass is 10.1. The number of carbonyl (C=O) groups is 2. The summed E-state index contributed by atoms with van der Waals surface area (Å²) in [6.07, 6.45) is 2.86. The number of amides is 1. The Hall–Kier alpha value is -3.08. The van der Waals surface area contributed by atoms with Gasteiger partial charge in [0.25, 0.3) is 5.91 Å². The number of anilines is 1. The first kappa shape index (κ1) is 15.3. The van der Waals surface area contributed by atoms with Crippen molar-refractivity contribution < 1.29 is 14.3 Å². The summed E-state index contributed by atoms with van der Waals surface area (Å²) in [7, 11) is 1.54. The van der Waals surface area contributed by atoms with Gasteiger partial charge in [0.05, 0.1) is 18.4 Å². The molecule has 0 aliphatic rings. The first-order chi connectivity index (χ1) is 10.6. The summed E-state index contributed by atoms with van der Waals surface area (Å²) in [5, 5.41) is 2.89. The van der Waals surface area contributed by atoms with Crippen LogP contribution in [0.5, 0.6) is 5.75 Å². The van der Waals surface area contributed by atoms with Crippen molar-refractivity contribution >= 4 is 17.4 Å². The molecule has 2 aromatic carbocycles. The molecule has 0 bridgehead atoms. The molecule has 2 aromatic rings. The quantitative estimate of drug-likeness (QED) is 0.634. The van der Waals surface area contributed by atoms with Gasteiger partial charge in [0.2, 0.25) is 0 Å². The van der Waals surface area contributed by atoms with Crippen LogP contribution in [-0.2, 0) is 0 Å². The molecule has 0 spiro atoms. The van der Waals surface area contributed by atoms with Crippen molar-refractivity contribution in [1.82, 2.24) is 0 Å². The number of rotatable bonds is 6. The number of nitrogens with one attached hydrogen (secondary N) is 1. The average Bonchev–Trinajstić information content (AvgIpc) is 2.55. The number of allylic oxidation sites excluding steroid dienone is 1. The van der Waals surface area contributed by atoms with Gasteiger partial charge in [0, 0.05) is 17.8 Å². The molecule has 0 fully saturated rings. The van der Waals surface area contributed by atoms with E-state index in [1.807, 2.05) is 0 Å². The highest BCUT2D eigenvalue weighted by Crippen LogP contribution is 2.15. The Balaban J connectivity index is 2.09. The second-order valence-electron chi connectivity index (χ2n) is 4.48. The summed E-state index contributed by atoms with van der Waals surface area (Å²) in [5.74, 6) is -0.0927. The molecule has 112 valence electrons. The first-order valence-corrected chi connectivity index (χ1v) is 6.62. The van der Waals surface area contributed by atoms with Gasteiger partial charge in [-0.25, -0.2) is 0 Å². The second-order valence-corrected chi connectivity index (χ2v) is 4.48. The van der Waals surface area contributed by atoms with Gasteiger partial charge in [-0.1, -0.05) is 24.3 Å². The maximum absolute atomic E-state index is 12.0. The van der Waals surface area contributed by atoms with Crippen LogP contribution in [0.1, 0.15) is 20.7 Å². The number of ether oxygens (including phenoxy) is 1. The van der Waals surface area contributed by atoms with Crippen LogP contribution in [0.4, 0.5) is 5.69 Å². The van der Waals surface area contributed by atoms with E-state index < -0.39 is 5.91 Å². The molecular weight excluding hydrogens is 280 g/mol. The average molecular weight is 296 g/mol. The molecule has 5 heteroatoms. The van der Waals surface area contributed by atoms with E-state index in [0.717, 1.165) is 0 Å². The van der Waals surface area contributed by atoms with Crippen molar-refractivity contribution in [1.29, 1.82) is 0 Å². The SMILES string of the molecule is COc1cccc(C(=O)/C=C/Nc2ccccc2C(N)=O)c1. The molecule has 0 heterocycles. The summed E-state index contributed by atoms with van der Waals surface area (Å²) in [4.78, 5) is 23.3. The van der Waals surface area contributed by atoms with Crippen LogP contribution < -0.4 is 15.8 Å². The molecule has 1 amide bonds. The minimum atomic E-state index is -0.532. The van der Waals surface area contributed by atoms with E-state index >= 15 is 0 Å². The molecule has 0 radical (unpaired) electrons.